The Hall–Kier alpha value is -0.620. The maximum atomic E-state index is 11.8. The molecule has 0 spiro atoms. The van der Waals surface area contributed by atoms with Gasteiger partial charge in [0.1, 0.15) is 0 Å². The van der Waals surface area contributed by atoms with E-state index in [1.807, 2.05) is 0 Å². The van der Waals surface area contributed by atoms with Crippen molar-refractivity contribution in [2.75, 3.05) is 25.2 Å². The Labute approximate surface area is 102 Å². The average Bonchev–Trinajstić information content (AvgIpc) is 2.77. The molecule has 17 heavy (non-hydrogen) atoms. The van der Waals surface area contributed by atoms with E-state index in [1.54, 1.807) is 6.92 Å². The molecule has 1 aliphatic rings. The van der Waals surface area contributed by atoms with E-state index < -0.39 is 21.7 Å². The summed E-state index contributed by atoms with van der Waals surface area (Å²) < 4.78 is 33.4. The number of methoxy groups -OCH3 is 1. The second kappa shape index (κ2) is 6.35. The van der Waals surface area contributed by atoms with Gasteiger partial charge < -0.3 is 9.47 Å². The normalized spacial score (nSPS) is 22.4. The second-order valence-corrected chi connectivity index (χ2v) is 6.69. The number of ether oxygens (including phenoxy) is 2. The number of carbonyl (C=O) groups is 1. The minimum atomic E-state index is -3.20. The van der Waals surface area contributed by atoms with E-state index in [4.69, 9.17) is 4.74 Å². The first-order chi connectivity index (χ1) is 7.94. The molecule has 0 aromatic heterocycles. The van der Waals surface area contributed by atoms with Gasteiger partial charge in [0.05, 0.1) is 30.6 Å². The van der Waals surface area contributed by atoms with Crippen molar-refractivity contribution in [3.8, 4) is 0 Å². The third kappa shape index (κ3) is 5.04. The van der Waals surface area contributed by atoms with Gasteiger partial charge in [-0.05, 0) is 19.3 Å². The van der Waals surface area contributed by atoms with Crippen molar-refractivity contribution >= 4 is 15.8 Å². The lowest BCUT2D eigenvalue weighted by atomic mass is 10.2. The van der Waals surface area contributed by atoms with Crippen LogP contribution in [-0.2, 0) is 24.1 Å². The highest BCUT2D eigenvalue weighted by molar-refractivity contribution is 7.91. The standard InChI is InChI=1S/C11H20O5S/c1-9(11(12)15-2)8-17(13,14)7-5-10-4-3-6-16-10/h9-10H,3-8H2,1-2H3. The molecular formula is C11H20O5S. The van der Waals surface area contributed by atoms with Crippen LogP contribution in [0.2, 0.25) is 0 Å². The fraction of sp³-hybridized carbons (Fsp3) is 0.909. The summed E-state index contributed by atoms with van der Waals surface area (Å²) in [5.41, 5.74) is 0. The van der Waals surface area contributed by atoms with Gasteiger partial charge >= 0.3 is 5.97 Å². The topological polar surface area (TPSA) is 69.7 Å². The Morgan fingerprint density at radius 2 is 2.24 bits per heavy atom. The zero-order valence-corrected chi connectivity index (χ0v) is 11.2. The van der Waals surface area contributed by atoms with E-state index in [0.717, 1.165) is 19.4 Å². The Morgan fingerprint density at radius 3 is 2.76 bits per heavy atom. The van der Waals surface area contributed by atoms with Crippen LogP contribution in [0.4, 0.5) is 0 Å². The molecular weight excluding hydrogens is 244 g/mol. The van der Waals surface area contributed by atoms with Crippen LogP contribution in [0.25, 0.3) is 0 Å². The summed E-state index contributed by atoms with van der Waals surface area (Å²) in [6.07, 6.45) is 2.53. The number of rotatable bonds is 6. The van der Waals surface area contributed by atoms with Crippen molar-refractivity contribution < 1.29 is 22.7 Å². The molecule has 1 aliphatic heterocycles. The Bertz CT molecular complexity index is 343. The third-order valence-corrected chi connectivity index (χ3v) is 4.75. The molecule has 0 radical (unpaired) electrons. The van der Waals surface area contributed by atoms with Crippen LogP contribution in [0.1, 0.15) is 26.2 Å². The number of esters is 1. The van der Waals surface area contributed by atoms with E-state index in [9.17, 15) is 13.2 Å². The van der Waals surface area contributed by atoms with Gasteiger partial charge in [-0.3, -0.25) is 4.79 Å². The molecule has 1 saturated heterocycles. The van der Waals surface area contributed by atoms with Gasteiger partial charge in [0, 0.05) is 6.61 Å². The molecule has 1 fully saturated rings. The molecule has 2 unspecified atom stereocenters. The van der Waals surface area contributed by atoms with Crippen molar-refractivity contribution in [3.05, 3.63) is 0 Å². The van der Waals surface area contributed by atoms with Crippen molar-refractivity contribution in [2.24, 2.45) is 5.92 Å². The predicted octanol–water partition coefficient (Wildman–Crippen LogP) is 0.779. The van der Waals surface area contributed by atoms with Crippen molar-refractivity contribution in [3.63, 3.8) is 0 Å². The molecule has 1 heterocycles. The quantitative estimate of drug-likeness (QED) is 0.663. The molecule has 0 aliphatic carbocycles. The highest BCUT2D eigenvalue weighted by atomic mass is 32.2. The summed E-state index contributed by atoms with van der Waals surface area (Å²) in [4.78, 5) is 11.1. The molecule has 0 amide bonds. The van der Waals surface area contributed by atoms with Crippen LogP contribution in [0.15, 0.2) is 0 Å². The zero-order chi connectivity index (χ0) is 12.9. The summed E-state index contributed by atoms with van der Waals surface area (Å²) >= 11 is 0. The van der Waals surface area contributed by atoms with E-state index in [1.165, 1.54) is 7.11 Å². The third-order valence-electron chi connectivity index (χ3n) is 2.88. The summed E-state index contributed by atoms with van der Waals surface area (Å²) in [6.45, 7) is 2.29. The molecule has 5 nitrogen and oxygen atoms in total. The number of hydrogen-bond donors (Lipinski definition) is 0. The lowest BCUT2D eigenvalue weighted by Crippen LogP contribution is -2.25. The minimum Gasteiger partial charge on any atom is -0.469 e. The van der Waals surface area contributed by atoms with Crippen LogP contribution < -0.4 is 0 Å². The molecule has 1 rings (SSSR count). The first kappa shape index (κ1) is 14.4. The van der Waals surface area contributed by atoms with Gasteiger partial charge in [-0.1, -0.05) is 6.92 Å². The summed E-state index contributed by atoms with van der Waals surface area (Å²) in [7, 11) is -1.94. The smallest absolute Gasteiger partial charge is 0.309 e. The first-order valence-corrected chi connectivity index (χ1v) is 7.66. The second-order valence-electron chi connectivity index (χ2n) is 4.46. The molecule has 0 saturated carbocycles. The van der Waals surface area contributed by atoms with Crippen LogP contribution in [-0.4, -0.2) is 45.7 Å². The van der Waals surface area contributed by atoms with Crippen molar-refractivity contribution in [1.82, 2.24) is 0 Å². The van der Waals surface area contributed by atoms with Gasteiger partial charge in [0.2, 0.25) is 0 Å². The van der Waals surface area contributed by atoms with Crippen LogP contribution >= 0.6 is 0 Å². The lowest BCUT2D eigenvalue weighted by molar-refractivity contribution is -0.144. The Balaban J connectivity index is 2.37. The fourth-order valence-electron chi connectivity index (χ4n) is 1.92. The summed E-state index contributed by atoms with van der Waals surface area (Å²) in [5.74, 6) is -1.15. The summed E-state index contributed by atoms with van der Waals surface area (Å²) in [5, 5.41) is 0. The van der Waals surface area contributed by atoms with E-state index >= 15 is 0 Å². The van der Waals surface area contributed by atoms with E-state index in [-0.39, 0.29) is 17.6 Å². The zero-order valence-electron chi connectivity index (χ0n) is 10.3. The SMILES string of the molecule is COC(=O)C(C)CS(=O)(=O)CCC1CCCO1. The van der Waals surface area contributed by atoms with E-state index in [2.05, 4.69) is 4.74 Å². The maximum Gasteiger partial charge on any atom is 0.309 e. The van der Waals surface area contributed by atoms with Gasteiger partial charge in [0.25, 0.3) is 0 Å². The molecule has 0 aromatic carbocycles. The van der Waals surface area contributed by atoms with E-state index in [0.29, 0.717) is 6.42 Å². The Kier molecular flexibility index (Phi) is 5.39. The molecule has 2 atom stereocenters. The molecule has 6 heteroatoms. The molecule has 100 valence electrons. The minimum absolute atomic E-state index is 0.0678. The largest absolute Gasteiger partial charge is 0.469 e. The average molecular weight is 264 g/mol. The number of carbonyl (C=O) groups excluding carboxylic acids is 1. The fourth-order valence-corrected chi connectivity index (χ4v) is 3.60. The van der Waals surface area contributed by atoms with Gasteiger partial charge in [0.15, 0.2) is 9.84 Å². The van der Waals surface area contributed by atoms with Crippen molar-refractivity contribution in [2.45, 2.75) is 32.3 Å². The Morgan fingerprint density at radius 1 is 1.53 bits per heavy atom. The maximum absolute atomic E-state index is 11.8. The van der Waals surface area contributed by atoms with Gasteiger partial charge in [-0.25, -0.2) is 8.42 Å². The molecule has 0 bridgehead atoms. The highest BCUT2D eigenvalue weighted by Crippen LogP contribution is 2.16. The van der Waals surface area contributed by atoms with Gasteiger partial charge in [-0.15, -0.1) is 0 Å². The summed E-state index contributed by atoms with van der Waals surface area (Å²) in [6, 6.07) is 0. The predicted molar refractivity (Wildman–Crippen MR) is 63.4 cm³/mol. The van der Waals surface area contributed by atoms with Gasteiger partial charge in [-0.2, -0.15) is 0 Å². The number of sulfone groups is 1. The molecule has 0 N–H and O–H groups in total. The number of hydrogen-bond acceptors (Lipinski definition) is 5. The van der Waals surface area contributed by atoms with Crippen LogP contribution in [0.3, 0.4) is 0 Å². The first-order valence-electron chi connectivity index (χ1n) is 5.84. The molecule has 0 aromatic rings. The highest BCUT2D eigenvalue weighted by Gasteiger charge is 2.24. The van der Waals surface area contributed by atoms with Crippen LogP contribution in [0, 0.1) is 5.92 Å². The lowest BCUT2D eigenvalue weighted by Gasteiger charge is -2.12. The van der Waals surface area contributed by atoms with Crippen LogP contribution in [0.5, 0.6) is 0 Å². The monoisotopic (exact) mass is 264 g/mol. The van der Waals surface area contributed by atoms with Crippen molar-refractivity contribution in [1.29, 1.82) is 0 Å².